The second kappa shape index (κ2) is 5.19. The number of halogens is 1. The van der Waals surface area contributed by atoms with Crippen molar-refractivity contribution in [3.63, 3.8) is 0 Å². The van der Waals surface area contributed by atoms with Crippen LogP contribution in [0.3, 0.4) is 0 Å². The van der Waals surface area contributed by atoms with E-state index in [2.05, 4.69) is 34.7 Å². The summed E-state index contributed by atoms with van der Waals surface area (Å²) in [7, 11) is 0. The monoisotopic (exact) mass is 342 g/mol. The van der Waals surface area contributed by atoms with Crippen molar-refractivity contribution in [2.45, 2.75) is 6.92 Å². The van der Waals surface area contributed by atoms with Crippen LogP contribution < -0.4 is 0 Å². The molecule has 1 nitrogen and oxygen atoms in total. The molecule has 2 rings (SSSR count). The molecule has 0 amide bonds. The molecule has 2 aromatic rings. The van der Waals surface area contributed by atoms with Crippen molar-refractivity contribution in [2.75, 3.05) is 5.75 Å². The lowest BCUT2D eigenvalue weighted by Crippen LogP contribution is -1.97. The number of thioether (sulfide) groups is 1. The van der Waals surface area contributed by atoms with Crippen LogP contribution in [0.5, 0.6) is 0 Å². The summed E-state index contributed by atoms with van der Waals surface area (Å²) in [6.07, 6.45) is 0. The predicted octanol–water partition coefficient (Wildman–Crippen LogP) is 4.34. The zero-order valence-corrected chi connectivity index (χ0v) is 11.8. The summed E-state index contributed by atoms with van der Waals surface area (Å²) in [4.78, 5) is 11.9. The van der Waals surface area contributed by atoms with Crippen LogP contribution in [0.15, 0.2) is 36.4 Å². The SMILES string of the molecule is CCSC(=O)c1cc2ccccc2cc1I. The van der Waals surface area contributed by atoms with Gasteiger partial charge in [-0.2, -0.15) is 0 Å². The van der Waals surface area contributed by atoms with Crippen LogP contribution in [0.1, 0.15) is 17.3 Å². The van der Waals surface area contributed by atoms with Crippen molar-refractivity contribution >= 4 is 50.2 Å². The fraction of sp³-hybridized carbons (Fsp3) is 0.154. The van der Waals surface area contributed by atoms with Crippen molar-refractivity contribution < 1.29 is 4.79 Å². The maximum Gasteiger partial charge on any atom is 0.220 e. The number of carbonyl (C=O) groups is 1. The smallest absolute Gasteiger partial charge is 0.220 e. The van der Waals surface area contributed by atoms with Crippen LogP contribution >= 0.6 is 34.4 Å². The highest BCUT2D eigenvalue weighted by Crippen LogP contribution is 2.24. The van der Waals surface area contributed by atoms with Crippen LogP contribution in [0.2, 0.25) is 0 Å². The highest BCUT2D eigenvalue weighted by atomic mass is 127. The lowest BCUT2D eigenvalue weighted by atomic mass is 10.1. The quantitative estimate of drug-likeness (QED) is 0.756. The molecule has 0 aliphatic carbocycles. The molecule has 0 saturated carbocycles. The van der Waals surface area contributed by atoms with Gasteiger partial charge in [0.25, 0.3) is 0 Å². The molecule has 0 atom stereocenters. The zero-order chi connectivity index (χ0) is 11.5. The second-order valence-corrected chi connectivity index (χ2v) is 5.80. The number of benzene rings is 2. The molecule has 0 fully saturated rings. The molecule has 0 N–H and O–H groups in total. The number of hydrogen-bond acceptors (Lipinski definition) is 2. The van der Waals surface area contributed by atoms with Crippen LogP contribution in [-0.2, 0) is 0 Å². The molecule has 0 aliphatic heterocycles. The largest absolute Gasteiger partial charge is 0.282 e. The van der Waals surface area contributed by atoms with Gasteiger partial charge in [-0.1, -0.05) is 43.0 Å². The van der Waals surface area contributed by atoms with E-state index in [9.17, 15) is 4.79 Å². The Hall–Kier alpha value is -0.550. The molecule has 0 radical (unpaired) electrons. The molecule has 0 saturated heterocycles. The molecule has 0 heterocycles. The van der Waals surface area contributed by atoms with Gasteiger partial charge in [0.1, 0.15) is 0 Å². The minimum Gasteiger partial charge on any atom is -0.282 e. The van der Waals surface area contributed by atoms with E-state index in [0.717, 1.165) is 20.3 Å². The number of fused-ring (bicyclic) bond motifs is 1. The van der Waals surface area contributed by atoms with Crippen LogP contribution in [-0.4, -0.2) is 10.9 Å². The van der Waals surface area contributed by atoms with E-state index in [-0.39, 0.29) is 5.12 Å². The molecule has 3 heteroatoms. The summed E-state index contributed by atoms with van der Waals surface area (Å²) < 4.78 is 1.03. The lowest BCUT2D eigenvalue weighted by Gasteiger charge is -2.05. The highest BCUT2D eigenvalue weighted by molar-refractivity contribution is 14.1. The molecule has 0 aliphatic rings. The van der Waals surface area contributed by atoms with Crippen molar-refractivity contribution in [1.29, 1.82) is 0 Å². The summed E-state index contributed by atoms with van der Waals surface area (Å²) in [6, 6.07) is 12.2. The van der Waals surface area contributed by atoms with E-state index >= 15 is 0 Å². The summed E-state index contributed by atoms with van der Waals surface area (Å²) in [5, 5.41) is 2.48. The first kappa shape index (κ1) is 11.9. The Balaban J connectivity index is 2.54. The van der Waals surface area contributed by atoms with E-state index < -0.39 is 0 Å². The Morgan fingerprint density at radius 2 is 1.88 bits per heavy atom. The van der Waals surface area contributed by atoms with Gasteiger partial charge in [-0.3, -0.25) is 4.79 Å². The van der Waals surface area contributed by atoms with Crippen molar-refractivity contribution in [2.24, 2.45) is 0 Å². The first-order chi connectivity index (χ1) is 7.72. The Labute approximate surface area is 113 Å². The van der Waals surface area contributed by atoms with Gasteiger partial charge < -0.3 is 0 Å². The second-order valence-electron chi connectivity index (χ2n) is 3.40. The van der Waals surface area contributed by atoms with Crippen LogP contribution in [0, 0.1) is 3.57 Å². The Kier molecular flexibility index (Phi) is 3.86. The van der Waals surface area contributed by atoms with E-state index in [1.807, 2.05) is 31.2 Å². The summed E-state index contributed by atoms with van der Waals surface area (Å²) in [6.45, 7) is 2.00. The molecule has 0 aromatic heterocycles. The van der Waals surface area contributed by atoms with Gasteiger partial charge >= 0.3 is 0 Å². The van der Waals surface area contributed by atoms with E-state index in [1.165, 1.54) is 17.1 Å². The standard InChI is InChI=1S/C13H11IOS/c1-2-16-13(15)11-7-9-5-3-4-6-10(9)8-12(11)14/h3-8H,2H2,1H3. The molecule has 0 bridgehead atoms. The van der Waals surface area contributed by atoms with Gasteiger partial charge in [0.2, 0.25) is 5.12 Å². The number of rotatable bonds is 2. The Bertz CT molecular complexity index is 536. The van der Waals surface area contributed by atoms with Gasteiger partial charge in [0.15, 0.2) is 0 Å². The van der Waals surface area contributed by atoms with Gasteiger partial charge in [-0.05, 0) is 51.2 Å². The van der Waals surface area contributed by atoms with Gasteiger partial charge in [0.05, 0.1) is 0 Å². The third-order valence-electron chi connectivity index (χ3n) is 2.33. The minimum absolute atomic E-state index is 0.164. The molecule has 0 unspecified atom stereocenters. The average Bonchev–Trinajstić information content (AvgIpc) is 2.28. The molecule has 16 heavy (non-hydrogen) atoms. The van der Waals surface area contributed by atoms with Crippen LogP contribution in [0.25, 0.3) is 10.8 Å². The third-order valence-corrected chi connectivity index (χ3v) is 3.99. The molecular formula is C13H11IOS. The third kappa shape index (κ3) is 2.40. The fourth-order valence-electron chi connectivity index (χ4n) is 1.58. The maximum atomic E-state index is 11.9. The fourth-order valence-corrected chi connectivity index (χ4v) is 3.08. The molecule has 2 aromatic carbocycles. The lowest BCUT2D eigenvalue weighted by molar-refractivity contribution is 0.108. The topological polar surface area (TPSA) is 17.1 Å². The van der Waals surface area contributed by atoms with Crippen LogP contribution in [0.4, 0.5) is 0 Å². The summed E-state index contributed by atoms with van der Waals surface area (Å²) in [5.41, 5.74) is 0.825. The minimum atomic E-state index is 0.164. The highest BCUT2D eigenvalue weighted by Gasteiger charge is 2.10. The number of hydrogen-bond donors (Lipinski definition) is 0. The summed E-state index contributed by atoms with van der Waals surface area (Å²) in [5.74, 6) is 0.821. The normalized spacial score (nSPS) is 10.6. The first-order valence-corrected chi connectivity index (χ1v) is 7.14. The Morgan fingerprint density at radius 1 is 1.25 bits per heavy atom. The van der Waals surface area contributed by atoms with Crippen molar-refractivity contribution in [1.82, 2.24) is 0 Å². The van der Waals surface area contributed by atoms with E-state index in [1.54, 1.807) is 0 Å². The zero-order valence-electron chi connectivity index (χ0n) is 8.87. The van der Waals surface area contributed by atoms with Gasteiger partial charge in [0, 0.05) is 9.13 Å². The number of carbonyl (C=O) groups excluding carboxylic acids is 1. The van der Waals surface area contributed by atoms with Crippen molar-refractivity contribution in [3.05, 3.63) is 45.5 Å². The molecule has 0 spiro atoms. The first-order valence-electron chi connectivity index (χ1n) is 5.08. The molecular weight excluding hydrogens is 331 g/mol. The average molecular weight is 342 g/mol. The molecule has 82 valence electrons. The Morgan fingerprint density at radius 3 is 2.50 bits per heavy atom. The predicted molar refractivity (Wildman–Crippen MR) is 79.1 cm³/mol. The maximum absolute atomic E-state index is 11.9. The van der Waals surface area contributed by atoms with Gasteiger partial charge in [-0.15, -0.1) is 0 Å². The van der Waals surface area contributed by atoms with Crippen molar-refractivity contribution in [3.8, 4) is 0 Å². The van der Waals surface area contributed by atoms with E-state index in [4.69, 9.17) is 0 Å². The summed E-state index contributed by atoms with van der Waals surface area (Å²) >= 11 is 3.59. The van der Waals surface area contributed by atoms with E-state index in [0.29, 0.717) is 0 Å². The van der Waals surface area contributed by atoms with Gasteiger partial charge in [-0.25, -0.2) is 0 Å².